The van der Waals surface area contributed by atoms with Crippen molar-refractivity contribution in [3.05, 3.63) is 104 Å². The van der Waals surface area contributed by atoms with Crippen LogP contribution in [0.25, 0.3) is 6.08 Å². The lowest BCUT2D eigenvalue weighted by molar-refractivity contribution is 0.313. The van der Waals surface area contributed by atoms with Gasteiger partial charge in [-0.3, -0.25) is 9.36 Å². The van der Waals surface area contributed by atoms with Crippen LogP contribution in [0.3, 0.4) is 0 Å². The Morgan fingerprint density at radius 2 is 1.73 bits per heavy atom. The van der Waals surface area contributed by atoms with E-state index in [4.69, 9.17) is 4.99 Å². The SMILES string of the molecule is CCC1=C(Nc2ccc(N3CCN(C)CC3)cc2)N=c2c(ccc(=O)n2C2CCC(C)(C)c3ccccc32)=CC1. The van der Waals surface area contributed by atoms with Gasteiger partial charge >= 0.3 is 0 Å². The molecule has 0 saturated carbocycles. The van der Waals surface area contributed by atoms with Gasteiger partial charge in [0.1, 0.15) is 11.3 Å². The molecule has 208 valence electrons. The number of hydrogen-bond acceptors (Lipinski definition) is 5. The van der Waals surface area contributed by atoms with E-state index < -0.39 is 0 Å². The molecule has 2 aliphatic heterocycles. The van der Waals surface area contributed by atoms with E-state index in [2.05, 4.69) is 97.5 Å². The highest BCUT2D eigenvalue weighted by molar-refractivity contribution is 5.58. The number of rotatable bonds is 5. The summed E-state index contributed by atoms with van der Waals surface area (Å²) in [7, 11) is 2.18. The summed E-state index contributed by atoms with van der Waals surface area (Å²) < 4.78 is 1.96. The minimum atomic E-state index is -0.0314. The molecular weight excluding hydrogens is 494 g/mol. The van der Waals surface area contributed by atoms with Gasteiger partial charge in [0.25, 0.3) is 5.56 Å². The average molecular weight is 536 g/mol. The first-order valence-corrected chi connectivity index (χ1v) is 14.8. The number of likely N-dealkylation sites (N-methyl/N-ethyl adjacent to an activating group) is 1. The third kappa shape index (κ3) is 5.01. The summed E-state index contributed by atoms with van der Waals surface area (Å²) in [6.07, 6.45) is 5.87. The Morgan fingerprint density at radius 3 is 2.48 bits per heavy atom. The van der Waals surface area contributed by atoms with Crippen molar-refractivity contribution in [1.82, 2.24) is 9.47 Å². The van der Waals surface area contributed by atoms with Crippen molar-refractivity contribution in [2.24, 2.45) is 4.99 Å². The summed E-state index contributed by atoms with van der Waals surface area (Å²) in [6, 6.07) is 21.0. The lowest BCUT2D eigenvalue weighted by Crippen LogP contribution is -2.47. The van der Waals surface area contributed by atoms with E-state index in [1.54, 1.807) is 6.07 Å². The van der Waals surface area contributed by atoms with Crippen molar-refractivity contribution in [1.29, 1.82) is 0 Å². The van der Waals surface area contributed by atoms with Crippen LogP contribution in [0, 0.1) is 0 Å². The maximum atomic E-state index is 13.5. The molecule has 1 N–H and O–H groups in total. The molecule has 0 amide bonds. The number of benzene rings is 2. The van der Waals surface area contributed by atoms with E-state index in [1.807, 2.05) is 10.6 Å². The van der Waals surface area contributed by atoms with Crippen molar-refractivity contribution in [3.8, 4) is 0 Å². The molecule has 3 aromatic rings. The molecule has 1 fully saturated rings. The number of piperazine rings is 1. The van der Waals surface area contributed by atoms with Gasteiger partial charge in [-0.15, -0.1) is 0 Å². The van der Waals surface area contributed by atoms with Crippen molar-refractivity contribution in [2.45, 2.75) is 57.9 Å². The number of nitrogens with one attached hydrogen (secondary N) is 1. The summed E-state index contributed by atoms with van der Waals surface area (Å²) in [5.74, 6) is 0.855. The van der Waals surface area contributed by atoms with Crippen LogP contribution in [0.5, 0.6) is 0 Å². The van der Waals surface area contributed by atoms with Crippen LogP contribution in [0.1, 0.15) is 63.6 Å². The monoisotopic (exact) mass is 535 g/mol. The Hall–Kier alpha value is -3.64. The fourth-order valence-corrected chi connectivity index (χ4v) is 6.50. The second-order valence-corrected chi connectivity index (χ2v) is 12.1. The number of hydrogen-bond donors (Lipinski definition) is 1. The van der Waals surface area contributed by atoms with Gasteiger partial charge in [0.15, 0.2) is 0 Å². The molecule has 1 atom stereocenters. The summed E-state index contributed by atoms with van der Waals surface area (Å²) in [4.78, 5) is 23.6. The van der Waals surface area contributed by atoms with Crippen molar-refractivity contribution in [3.63, 3.8) is 0 Å². The quantitative estimate of drug-likeness (QED) is 0.510. The Bertz CT molecular complexity index is 1610. The molecule has 3 aliphatic rings. The van der Waals surface area contributed by atoms with Crippen LogP contribution in [0.2, 0.25) is 0 Å². The molecule has 1 aliphatic carbocycles. The molecule has 1 unspecified atom stereocenters. The van der Waals surface area contributed by atoms with Crippen molar-refractivity contribution >= 4 is 17.5 Å². The molecule has 6 heteroatoms. The molecule has 3 heterocycles. The van der Waals surface area contributed by atoms with E-state index in [0.717, 1.165) is 74.1 Å². The standard InChI is InChI=1S/C34H41N5O/c1-5-24-10-11-25-12-17-31(40)39(30-18-19-34(2,3)29-9-7-6-8-28(29)30)33(25)36-32(24)35-26-13-15-27(16-14-26)38-22-20-37(4)21-23-38/h6-9,11-17,30,35H,5,10,18-23H2,1-4H3. The number of pyridine rings is 1. The van der Waals surface area contributed by atoms with Crippen LogP contribution in [-0.2, 0) is 5.41 Å². The lowest BCUT2D eigenvalue weighted by atomic mass is 9.71. The van der Waals surface area contributed by atoms with E-state index >= 15 is 0 Å². The smallest absolute Gasteiger partial charge is 0.252 e. The molecule has 6 rings (SSSR count). The molecule has 1 aromatic heterocycles. The molecule has 0 spiro atoms. The normalized spacial score (nSPS) is 20.6. The van der Waals surface area contributed by atoms with Gasteiger partial charge < -0.3 is 15.1 Å². The van der Waals surface area contributed by atoms with Gasteiger partial charge in [0.2, 0.25) is 0 Å². The van der Waals surface area contributed by atoms with Crippen molar-refractivity contribution in [2.75, 3.05) is 43.4 Å². The first-order chi connectivity index (χ1) is 19.3. The molecule has 0 radical (unpaired) electrons. The highest BCUT2D eigenvalue weighted by atomic mass is 16.1. The van der Waals surface area contributed by atoms with Crippen LogP contribution in [0.15, 0.2) is 81.8 Å². The summed E-state index contributed by atoms with van der Waals surface area (Å²) >= 11 is 0. The van der Waals surface area contributed by atoms with Gasteiger partial charge in [-0.1, -0.05) is 51.1 Å². The Balaban J connectivity index is 1.39. The fraction of sp³-hybridized carbons (Fsp3) is 0.412. The van der Waals surface area contributed by atoms with Gasteiger partial charge in [-0.25, -0.2) is 4.99 Å². The van der Waals surface area contributed by atoms with Gasteiger partial charge in [0, 0.05) is 48.8 Å². The maximum Gasteiger partial charge on any atom is 0.252 e. The Kier molecular flexibility index (Phi) is 7.13. The summed E-state index contributed by atoms with van der Waals surface area (Å²) in [5, 5.41) is 4.66. The molecule has 40 heavy (non-hydrogen) atoms. The molecule has 2 aromatic carbocycles. The highest BCUT2D eigenvalue weighted by Gasteiger charge is 2.34. The van der Waals surface area contributed by atoms with Gasteiger partial charge in [0.05, 0.1) is 6.04 Å². The number of nitrogens with zero attached hydrogens (tertiary/aromatic N) is 4. The van der Waals surface area contributed by atoms with Crippen molar-refractivity contribution < 1.29 is 0 Å². The minimum Gasteiger partial charge on any atom is -0.369 e. The lowest BCUT2D eigenvalue weighted by Gasteiger charge is -2.37. The zero-order valence-corrected chi connectivity index (χ0v) is 24.3. The average Bonchev–Trinajstić information content (AvgIpc) is 3.13. The molecule has 1 saturated heterocycles. The van der Waals surface area contributed by atoms with E-state index in [1.165, 1.54) is 22.4 Å². The van der Waals surface area contributed by atoms with Crippen LogP contribution < -0.4 is 26.5 Å². The molecule has 0 bridgehead atoms. The summed E-state index contributed by atoms with van der Waals surface area (Å²) in [6.45, 7) is 11.1. The van der Waals surface area contributed by atoms with Crippen LogP contribution in [-0.4, -0.2) is 42.7 Å². The molecular formula is C34H41N5O. The van der Waals surface area contributed by atoms with E-state index in [9.17, 15) is 4.79 Å². The zero-order valence-electron chi connectivity index (χ0n) is 24.3. The third-order valence-electron chi connectivity index (χ3n) is 9.08. The minimum absolute atomic E-state index is 0.00578. The highest BCUT2D eigenvalue weighted by Crippen LogP contribution is 2.42. The van der Waals surface area contributed by atoms with Gasteiger partial charge in [-0.05, 0) is 85.2 Å². The van der Waals surface area contributed by atoms with E-state index in [-0.39, 0.29) is 17.0 Å². The predicted octanol–water partition coefficient (Wildman–Crippen LogP) is 4.80. The second-order valence-electron chi connectivity index (χ2n) is 12.1. The Morgan fingerprint density at radius 1 is 0.975 bits per heavy atom. The second kappa shape index (κ2) is 10.7. The number of aromatic nitrogens is 1. The number of anilines is 2. The maximum absolute atomic E-state index is 13.5. The number of fused-ring (bicyclic) bond motifs is 2. The van der Waals surface area contributed by atoms with E-state index in [0.29, 0.717) is 0 Å². The third-order valence-corrected chi connectivity index (χ3v) is 9.08. The largest absolute Gasteiger partial charge is 0.369 e. The fourth-order valence-electron chi connectivity index (χ4n) is 6.50. The first kappa shape index (κ1) is 26.6. The van der Waals surface area contributed by atoms with Crippen LogP contribution >= 0.6 is 0 Å². The predicted molar refractivity (Wildman–Crippen MR) is 164 cm³/mol. The first-order valence-electron chi connectivity index (χ1n) is 14.8. The Labute approximate surface area is 237 Å². The topological polar surface area (TPSA) is 52.9 Å². The number of allylic oxidation sites excluding steroid dienone is 1. The van der Waals surface area contributed by atoms with Crippen LogP contribution in [0.4, 0.5) is 11.4 Å². The zero-order chi connectivity index (χ0) is 27.9. The van der Waals surface area contributed by atoms with Gasteiger partial charge in [-0.2, -0.15) is 0 Å². The molecule has 6 nitrogen and oxygen atoms in total. The summed E-state index contributed by atoms with van der Waals surface area (Å²) in [5.41, 5.74) is 6.93.